The fourth-order valence-corrected chi connectivity index (χ4v) is 5.30. The van der Waals surface area contributed by atoms with Crippen molar-refractivity contribution in [1.82, 2.24) is 10.4 Å². The lowest BCUT2D eigenvalue weighted by molar-refractivity contribution is 0.399. The van der Waals surface area contributed by atoms with Crippen LogP contribution in [0.2, 0.25) is 0 Å². The van der Waals surface area contributed by atoms with E-state index in [2.05, 4.69) is 76.1 Å². The molecule has 6 heteroatoms. The number of anilines is 1. The molecule has 2 aromatic carbocycles. The Hall–Kier alpha value is -4.21. The van der Waals surface area contributed by atoms with Gasteiger partial charge in [0.2, 0.25) is 5.88 Å². The number of hydrazine groups is 1. The monoisotopic (exact) mass is 473 g/mol. The smallest absolute Gasteiger partial charge is 0.213 e. The summed E-state index contributed by atoms with van der Waals surface area (Å²) in [6.45, 7) is 4.70. The molecular weight excluding hydrogens is 446 g/mol. The molecule has 1 aromatic heterocycles. The fourth-order valence-electron chi connectivity index (χ4n) is 5.30. The first-order chi connectivity index (χ1) is 17.4. The quantitative estimate of drug-likeness (QED) is 0.561. The van der Waals surface area contributed by atoms with E-state index >= 15 is 0 Å². The lowest BCUT2D eigenvalue weighted by Gasteiger charge is -2.42. The van der Waals surface area contributed by atoms with Gasteiger partial charge in [0.05, 0.1) is 41.2 Å². The Kier molecular flexibility index (Phi) is 5.06. The molecule has 0 radical (unpaired) electrons. The van der Waals surface area contributed by atoms with Crippen LogP contribution in [0.25, 0.3) is 10.9 Å². The van der Waals surface area contributed by atoms with E-state index in [1.54, 1.807) is 7.11 Å². The van der Waals surface area contributed by atoms with Crippen LogP contribution in [-0.4, -0.2) is 29.9 Å². The highest BCUT2D eigenvalue weighted by Crippen LogP contribution is 2.45. The van der Waals surface area contributed by atoms with Crippen molar-refractivity contribution in [2.24, 2.45) is 10.9 Å². The second-order valence-corrected chi connectivity index (χ2v) is 9.94. The second-order valence-electron chi connectivity index (χ2n) is 9.94. The van der Waals surface area contributed by atoms with Crippen molar-refractivity contribution in [3.8, 4) is 11.9 Å². The van der Waals surface area contributed by atoms with Crippen molar-refractivity contribution >= 4 is 22.3 Å². The van der Waals surface area contributed by atoms with Gasteiger partial charge >= 0.3 is 0 Å². The molecule has 36 heavy (non-hydrogen) atoms. The Morgan fingerprint density at radius 2 is 1.97 bits per heavy atom. The number of rotatable bonds is 4. The largest absolute Gasteiger partial charge is 0.481 e. The van der Waals surface area contributed by atoms with Crippen LogP contribution in [-0.2, 0) is 5.41 Å². The van der Waals surface area contributed by atoms with Gasteiger partial charge in [-0.25, -0.2) is 15.4 Å². The van der Waals surface area contributed by atoms with Crippen molar-refractivity contribution in [2.45, 2.75) is 24.8 Å². The molecule has 0 saturated carbocycles. The van der Waals surface area contributed by atoms with E-state index in [0.29, 0.717) is 5.88 Å². The number of nitriles is 1. The third-order valence-corrected chi connectivity index (χ3v) is 7.44. The molecule has 6 rings (SSSR count). The molecular formula is C30H27N5O. The van der Waals surface area contributed by atoms with Crippen LogP contribution in [0.3, 0.4) is 0 Å². The van der Waals surface area contributed by atoms with E-state index in [4.69, 9.17) is 9.73 Å². The van der Waals surface area contributed by atoms with Crippen LogP contribution in [0.4, 0.5) is 5.69 Å². The van der Waals surface area contributed by atoms with Gasteiger partial charge in [-0.05, 0) is 68.0 Å². The van der Waals surface area contributed by atoms with E-state index in [1.807, 2.05) is 44.2 Å². The summed E-state index contributed by atoms with van der Waals surface area (Å²) in [4.78, 5) is 9.69. The number of dihydropyridines is 1. The fraction of sp³-hybridized carbons (Fsp3) is 0.233. The number of nitrogens with one attached hydrogen (secondary N) is 1. The number of aliphatic imine (C=N–C) groups is 1. The maximum atomic E-state index is 9.52. The number of fused-ring (bicyclic) bond motifs is 1. The summed E-state index contributed by atoms with van der Waals surface area (Å²) in [5, 5.41) is 12.8. The summed E-state index contributed by atoms with van der Waals surface area (Å²) in [5.41, 5.74) is 8.59. The van der Waals surface area contributed by atoms with E-state index < -0.39 is 11.0 Å². The van der Waals surface area contributed by atoms with Crippen LogP contribution in [0.5, 0.6) is 5.88 Å². The highest BCUT2D eigenvalue weighted by molar-refractivity contribution is 6.12. The van der Waals surface area contributed by atoms with Gasteiger partial charge in [0.1, 0.15) is 5.54 Å². The van der Waals surface area contributed by atoms with E-state index in [9.17, 15) is 5.26 Å². The summed E-state index contributed by atoms with van der Waals surface area (Å²) in [6.07, 6.45) is 10.9. The minimum Gasteiger partial charge on any atom is -0.481 e. The highest BCUT2D eigenvalue weighted by Gasteiger charge is 2.51. The number of benzene rings is 2. The first kappa shape index (κ1) is 22.3. The van der Waals surface area contributed by atoms with Gasteiger partial charge in [-0.3, -0.25) is 5.01 Å². The molecule has 6 nitrogen and oxygen atoms in total. The predicted molar refractivity (Wildman–Crippen MR) is 143 cm³/mol. The van der Waals surface area contributed by atoms with Crippen molar-refractivity contribution in [3.05, 3.63) is 102 Å². The first-order valence-corrected chi connectivity index (χ1v) is 12.1. The van der Waals surface area contributed by atoms with Gasteiger partial charge in [0, 0.05) is 29.5 Å². The first-order valence-electron chi connectivity index (χ1n) is 12.1. The van der Waals surface area contributed by atoms with Gasteiger partial charge in [0.15, 0.2) is 0 Å². The zero-order valence-corrected chi connectivity index (χ0v) is 20.6. The number of ether oxygens (including phenoxy) is 1. The number of allylic oxidation sites excluding steroid dienone is 3. The molecule has 2 atom stereocenters. The molecule has 1 N–H and O–H groups in total. The molecule has 1 saturated heterocycles. The minimum atomic E-state index is -0.527. The number of hydrogen-bond acceptors (Lipinski definition) is 6. The summed E-state index contributed by atoms with van der Waals surface area (Å²) in [5.74, 6) is 0.859. The third-order valence-electron chi connectivity index (χ3n) is 7.44. The van der Waals surface area contributed by atoms with Crippen molar-refractivity contribution in [3.63, 3.8) is 0 Å². The second kappa shape index (κ2) is 8.18. The van der Waals surface area contributed by atoms with Crippen LogP contribution >= 0.6 is 0 Å². The Morgan fingerprint density at radius 3 is 2.75 bits per heavy atom. The molecule has 2 unspecified atom stereocenters. The van der Waals surface area contributed by atoms with E-state index in [-0.39, 0.29) is 5.92 Å². The summed E-state index contributed by atoms with van der Waals surface area (Å²) in [6, 6.07) is 20.8. The average Bonchev–Trinajstić information content (AvgIpc) is 3.30. The van der Waals surface area contributed by atoms with Crippen LogP contribution in [0.1, 0.15) is 25.0 Å². The highest BCUT2D eigenvalue weighted by atomic mass is 16.5. The maximum absolute atomic E-state index is 9.52. The average molecular weight is 474 g/mol. The van der Waals surface area contributed by atoms with Gasteiger partial charge in [-0.15, -0.1) is 0 Å². The summed E-state index contributed by atoms with van der Waals surface area (Å²) in [7, 11) is 1.63. The predicted octanol–water partition coefficient (Wildman–Crippen LogP) is 5.24. The molecule has 2 aliphatic heterocycles. The van der Waals surface area contributed by atoms with Crippen molar-refractivity contribution in [1.29, 1.82) is 5.26 Å². The standard InChI is InChI=1S/C30H27N5O/c1-29(2,19-31)22-9-11-24(12-10-22)35-30-16-15-26(33-27(30)6-4-5-23(30)18-32-35)20-7-13-25-21(17-20)8-14-28(34-25)36-3/h4-17,23,32H,18H2,1-3H3. The number of pyridine rings is 1. The van der Waals surface area contributed by atoms with Gasteiger partial charge in [0.25, 0.3) is 0 Å². The Balaban J connectivity index is 1.36. The molecule has 0 amide bonds. The third kappa shape index (κ3) is 3.35. The van der Waals surface area contributed by atoms with Gasteiger partial charge in [-0.1, -0.05) is 30.4 Å². The lowest BCUT2D eigenvalue weighted by atomic mass is 9.76. The van der Waals surface area contributed by atoms with Crippen LogP contribution < -0.4 is 15.2 Å². The number of hydrogen-bond donors (Lipinski definition) is 1. The van der Waals surface area contributed by atoms with Crippen LogP contribution in [0.15, 0.2) is 95.7 Å². The molecule has 1 spiro atoms. The minimum absolute atomic E-state index is 0.252. The molecule has 1 aliphatic carbocycles. The van der Waals surface area contributed by atoms with E-state index in [1.165, 1.54) is 0 Å². The Morgan fingerprint density at radius 1 is 1.14 bits per heavy atom. The zero-order chi connectivity index (χ0) is 24.9. The molecule has 178 valence electrons. The van der Waals surface area contributed by atoms with E-state index in [0.717, 1.165) is 45.7 Å². The zero-order valence-electron chi connectivity index (χ0n) is 20.6. The molecule has 0 bridgehead atoms. The molecule has 3 aromatic rings. The normalized spacial score (nSPS) is 22.5. The maximum Gasteiger partial charge on any atom is 0.213 e. The molecule has 3 heterocycles. The summed E-state index contributed by atoms with van der Waals surface area (Å²) >= 11 is 0. The van der Waals surface area contributed by atoms with Gasteiger partial charge in [-0.2, -0.15) is 5.26 Å². The Bertz CT molecular complexity index is 1520. The number of nitrogens with zero attached hydrogens (tertiary/aromatic N) is 4. The SMILES string of the molecule is COc1ccc2cc(C3=NC4=CC=CC5CNN(c6ccc(C(C)(C)C#N)cc6)C45C=C3)ccc2n1. The van der Waals surface area contributed by atoms with Crippen molar-refractivity contribution < 1.29 is 4.74 Å². The van der Waals surface area contributed by atoms with Crippen LogP contribution in [0, 0.1) is 17.2 Å². The Labute approximate surface area is 210 Å². The topological polar surface area (TPSA) is 73.5 Å². The number of methoxy groups -OCH3 is 1. The molecule has 3 aliphatic rings. The number of aromatic nitrogens is 1. The van der Waals surface area contributed by atoms with Crippen molar-refractivity contribution in [2.75, 3.05) is 18.7 Å². The summed E-state index contributed by atoms with van der Waals surface area (Å²) < 4.78 is 5.26. The molecule has 1 fully saturated rings. The lowest BCUT2D eigenvalue weighted by Crippen LogP contribution is -2.52. The van der Waals surface area contributed by atoms with Gasteiger partial charge < -0.3 is 4.74 Å².